The van der Waals surface area contributed by atoms with Crippen LogP contribution in [0.5, 0.6) is 0 Å². The molecule has 0 aliphatic rings. The van der Waals surface area contributed by atoms with Crippen molar-refractivity contribution < 1.29 is 12.8 Å². The van der Waals surface area contributed by atoms with Crippen molar-refractivity contribution in [2.45, 2.75) is 26.3 Å². The van der Waals surface area contributed by atoms with E-state index in [-0.39, 0.29) is 17.6 Å². The second-order valence-electron chi connectivity index (χ2n) is 4.51. The fourth-order valence-corrected chi connectivity index (χ4v) is 2.55. The standard InChI is InChI=1S/C13H20FNO2S/c1-4-15-12(8-9-18(3,16)17)11-7-5-6-10(2)13(11)14/h5-7,12,15H,4,8-9H2,1-3H3. The lowest BCUT2D eigenvalue weighted by Crippen LogP contribution is -2.24. The number of hydrogen-bond donors (Lipinski definition) is 1. The fraction of sp³-hybridized carbons (Fsp3) is 0.538. The third kappa shape index (κ3) is 4.38. The Balaban J connectivity index is 2.93. The summed E-state index contributed by atoms with van der Waals surface area (Å²) in [5.74, 6) is -0.199. The molecule has 0 amide bonds. The van der Waals surface area contributed by atoms with E-state index in [9.17, 15) is 12.8 Å². The zero-order chi connectivity index (χ0) is 13.8. The molecule has 5 heteroatoms. The van der Waals surface area contributed by atoms with E-state index >= 15 is 0 Å². The molecule has 1 atom stereocenters. The van der Waals surface area contributed by atoms with Crippen molar-refractivity contribution in [1.82, 2.24) is 5.32 Å². The fourth-order valence-electron chi connectivity index (χ4n) is 1.89. The van der Waals surface area contributed by atoms with Gasteiger partial charge in [0, 0.05) is 17.9 Å². The summed E-state index contributed by atoms with van der Waals surface area (Å²) < 4.78 is 36.4. The molecule has 0 heterocycles. The minimum atomic E-state index is -3.03. The van der Waals surface area contributed by atoms with E-state index in [4.69, 9.17) is 0 Å². The second-order valence-corrected chi connectivity index (χ2v) is 6.77. The van der Waals surface area contributed by atoms with E-state index in [1.165, 1.54) is 6.26 Å². The molecule has 0 saturated carbocycles. The van der Waals surface area contributed by atoms with Crippen molar-refractivity contribution in [3.63, 3.8) is 0 Å². The van der Waals surface area contributed by atoms with Crippen LogP contribution in [0.15, 0.2) is 18.2 Å². The first kappa shape index (κ1) is 15.1. The lowest BCUT2D eigenvalue weighted by molar-refractivity contribution is 0.495. The first-order valence-corrected chi connectivity index (χ1v) is 8.07. The third-order valence-corrected chi connectivity index (χ3v) is 3.80. The normalized spacial score (nSPS) is 13.6. The van der Waals surface area contributed by atoms with Crippen LogP contribution in [0.3, 0.4) is 0 Å². The van der Waals surface area contributed by atoms with E-state index < -0.39 is 9.84 Å². The number of halogens is 1. The summed E-state index contributed by atoms with van der Waals surface area (Å²) in [6.45, 7) is 4.29. The molecule has 102 valence electrons. The zero-order valence-corrected chi connectivity index (χ0v) is 11.8. The van der Waals surface area contributed by atoms with Gasteiger partial charge in [-0.05, 0) is 25.5 Å². The van der Waals surface area contributed by atoms with Crippen LogP contribution in [0.4, 0.5) is 4.39 Å². The van der Waals surface area contributed by atoms with Crippen LogP contribution in [0.1, 0.15) is 30.5 Å². The number of hydrogen-bond acceptors (Lipinski definition) is 3. The molecule has 0 saturated heterocycles. The minimum absolute atomic E-state index is 0.0536. The molecule has 0 spiro atoms. The summed E-state index contributed by atoms with van der Waals surface area (Å²) in [7, 11) is -3.03. The second kappa shape index (κ2) is 6.29. The average molecular weight is 273 g/mol. The van der Waals surface area contributed by atoms with Gasteiger partial charge in [0.2, 0.25) is 0 Å². The summed E-state index contributed by atoms with van der Waals surface area (Å²) in [6.07, 6.45) is 1.58. The Kier molecular flexibility index (Phi) is 5.28. The van der Waals surface area contributed by atoms with Gasteiger partial charge < -0.3 is 5.32 Å². The van der Waals surface area contributed by atoms with Gasteiger partial charge in [-0.3, -0.25) is 0 Å². The van der Waals surface area contributed by atoms with E-state index in [0.29, 0.717) is 24.1 Å². The van der Waals surface area contributed by atoms with Gasteiger partial charge in [-0.2, -0.15) is 0 Å². The van der Waals surface area contributed by atoms with Crippen molar-refractivity contribution in [2.75, 3.05) is 18.6 Å². The van der Waals surface area contributed by atoms with Gasteiger partial charge in [0.05, 0.1) is 5.75 Å². The van der Waals surface area contributed by atoms with Gasteiger partial charge in [0.1, 0.15) is 15.7 Å². The lowest BCUT2D eigenvalue weighted by atomic mass is 10.0. The first-order chi connectivity index (χ1) is 8.35. The summed E-state index contributed by atoms with van der Waals surface area (Å²) in [6, 6.07) is 4.94. The summed E-state index contributed by atoms with van der Waals surface area (Å²) in [5.41, 5.74) is 1.12. The maximum atomic E-state index is 14.0. The van der Waals surface area contributed by atoms with Crippen molar-refractivity contribution in [2.24, 2.45) is 0 Å². The Morgan fingerprint density at radius 2 is 2.06 bits per heavy atom. The molecule has 1 aromatic rings. The van der Waals surface area contributed by atoms with Crippen LogP contribution >= 0.6 is 0 Å². The van der Waals surface area contributed by atoms with Crippen LogP contribution in [0, 0.1) is 12.7 Å². The largest absolute Gasteiger partial charge is 0.310 e. The molecule has 1 rings (SSSR count). The molecule has 0 aliphatic heterocycles. The molecule has 0 radical (unpaired) electrons. The van der Waals surface area contributed by atoms with Crippen LogP contribution < -0.4 is 5.32 Å². The molecule has 18 heavy (non-hydrogen) atoms. The van der Waals surface area contributed by atoms with Crippen molar-refractivity contribution >= 4 is 9.84 Å². The molecular formula is C13H20FNO2S. The number of rotatable bonds is 6. The van der Waals surface area contributed by atoms with Crippen LogP contribution in [0.2, 0.25) is 0 Å². The van der Waals surface area contributed by atoms with Crippen LogP contribution in [-0.4, -0.2) is 27.0 Å². The molecule has 0 aliphatic carbocycles. The Hall–Kier alpha value is -0.940. The minimum Gasteiger partial charge on any atom is -0.310 e. The van der Waals surface area contributed by atoms with Gasteiger partial charge in [0.15, 0.2) is 0 Å². The number of aryl methyl sites for hydroxylation is 1. The highest BCUT2D eigenvalue weighted by Gasteiger charge is 2.17. The van der Waals surface area contributed by atoms with Gasteiger partial charge in [0.25, 0.3) is 0 Å². The van der Waals surface area contributed by atoms with Gasteiger partial charge in [-0.1, -0.05) is 25.1 Å². The monoisotopic (exact) mass is 273 g/mol. The van der Waals surface area contributed by atoms with E-state index in [2.05, 4.69) is 5.32 Å². The third-order valence-electron chi connectivity index (χ3n) is 2.82. The molecule has 1 N–H and O–H groups in total. The predicted octanol–water partition coefficient (Wildman–Crippen LogP) is 2.22. The van der Waals surface area contributed by atoms with E-state index in [1.54, 1.807) is 25.1 Å². The topological polar surface area (TPSA) is 46.2 Å². The highest BCUT2D eigenvalue weighted by Crippen LogP contribution is 2.22. The quantitative estimate of drug-likeness (QED) is 0.864. The van der Waals surface area contributed by atoms with Crippen LogP contribution in [0.25, 0.3) is 0 Å². The number of benzene rings is 1. The summed E-state index contributed by atoms with van der Waals surface area (Å²) in [4.78, 5) is 0. The maximum absolute atomic E-state index is 14.0. The van der Waals surface area contributed by atoms with Gasteiger partial charge >= 0.3 is 0 Å². The Morgan fingerprint density at radius 3 is 2.61 bits per heavy atom. The van der Waals surface area contributed by atoms with Crippen LogP contribution in [-0.2, 0) is 9.84 Å². The molecule has 1 aromatic carbocycles. The molecule has 1 unspecified atom stereocenters. The molecule has 0 aromatic heterocycles. The zero-order valence-electron chi connectivity index (χ0n) is 11.0. The van der Waals surface area contributed by atoms with Gasteiger partial charge in [-0.15, -0.1) is 0 Å². The Labute approximate surface area is 108 Å². The van der Waals surface area contributed by atoms with E-state index in [0.717, 1.165) is 0 Å². The van der Waals surface area contributed by atoms with Gasteiger partial charge in [-0.25, -0.2) is 12.8 Å². The number of sulfone groups is 1. The van der Waals surface area contributed by atoms with Crippen molar-refractivity contribution in [3.8, 4) is 0 Å². The predicted molar refractivity (Wildman–Crippen MR) is 71.9 cm³/mol. The Morgan fingerprint density at radius 1 is 1.39 bits per heavy atom. The summed E-state index contributed by atoms with van der Waals surface area (Å²) in [5, 5.41) is 3.14. The smallest absolute Gasteiger partial charge is 0.147 e. The lowest BCUT2D eigenvalue weighted by Gasteiger charge is -2.19. The molecule has 3 nitrogen and oxygen atoms in total. The Bertz CT molecular complexity index is 500. The highest BCUT2D eigenvalue weighted by atomic mass is 32.2. The van der Waals surface area contributed by atoms with Crippen molar-refractivity contribution in [3.05, 3.63) is 35.1 Å². The molecule has 0 bridgehead atoms. The maximum Gasteiger partial charge on any atom is 0.147 e. The molecular weight excluding hydrogens is 253 g/mol. The van der Waals surface area contributed by atoms with E-state index in [1.807, 2.05) is 6.92 Å². The van der Waals surface area contributed by atoms with Crippen molar-refractivity contribution in [1.29, 1.82) is 0 Å². The number of nitrogens with one attached hydrogen (secondary N) is 1. The highest BCUT2D eigenvalue weighted by molar-refractivity contribution is 7.90. The SMILES string of the molecule is CCNC(CCS(C)(=O)=O)c1cccc(C)c1F. The molecule has 0 fully saturated rings. The first-order valence-electron chi connectivity index (χ1n) is 6.01. The summed E-state index contributed by atoms with van der Waals surface area (Å²) >= 11 is 0. The average Bonchev–Trinajstić information content (AvgIpc) is 2.27.